The smallest absolute Gasteiger partial charge is 0.410 e. The Morgan fingerprint density at radius 3 is 2.41 bits per heavy atom. The van der Waals surface area contributed by atoms with Crippen molar-refractivity contribution in [3.8, 4) is 0 Å². The van der Waals surface area contributed by atoms with Crippen LogP contribution >= 0.6 is 24.8 Å². The van der Waals surface area contributed by atoms with E-state index < -0.39 is 0 Å². The fourth-order valence-electron chi connectivity index (χ4n) is 4.50. The maximum atomic E-state index is 12.3. The second kappa shape index (κ2) is 9.97. The molecule has 0 saturated carbocycles. The lowest BCUT2D eigenvalue weighted by atomic mass is 9.89. The fraction of sp³-hybridized carbons (Fsp3) is 0.650. The summed E-state index contributed by atoms with van der Waals surface area (Å²) in [6.45, 7) is 5.90. The predicted molar refractivity (Wildman–Crippen MR) is 112 cm³/mol. The molecule has 3 aliphatic heterocycles. The first-order chi connectivity index (χ1) is 12.2. The SMILES string of the molecule is Cl.Cl.O=C1OC2(CCN(C3CCNCC3)CC2)CN1CCc1ccccc1. The molecule has 1 N–H and O–H groups in total. The average molecular weight is 416 g/mol. The number of hydrogen-bond acceptors (Lipinski definition) is 4. The number of benzene rings is 1. The molecule has 7 heteroatoms. The lowest BCUT2D eigenvalue weighted by Crippen LogP contribution is -2.52. The second-order valence-electron chi connectivity index (χ2n) is 7.73. The molecule has 0 aromatic heterocycles. The molecule has 1 aromatic rings. The molecule has 0 radical (unpaired) electrons. The van der Waals surface area contributed by atoms with E-state index >= 15 is 0 Å². The van der Waals surface area contributed by atoms with Gasteiger partial charge in [-0.2, -0.15) is 0 Å². The van der Waals surface area contributed by atoms with E-state index in [2.05, 4.69) is 34.5 Å². The fourth-order valence-corrected chi connectivity index (χ4v) is 4.50. The molecule has 0 aliphatic carbocycles. The number of halogens is 2. The molecule has 27 heavy (non-hydrogen) atoms. The molecule has 3 saturated heterocycles. The zero-order valence-electron chi connectivity index (χ0n) is 15.8. The summed E-state index contributed by atoms with van der Waals surface area (Å²) < 4.78 is 5.87. The first-order valence-corrected chi connectivity index (χ1v) is 9.71. The van der Waals surface area contributed by atoms with Gasteiger partial charge in [-0.05, 0) is 37.9 Å². The third-order valence-corrected chi connectivity index (χ3v) is 6.09. The highest BCUT2D eigenvalue weighted by Gasteiger charge is 2.47. The maximum Gasteiger partial charge on any atom is 0.410 e. The number of nitrogens with one attached hydrogen (secondary N) is 1. The van der Waals surface area contributed by atoms with Gasteiger partial charge in [-0.25, -0.2) is 4.79 Å². The van der Waals surface area contributed by atoms with E-state index in [0.717, 1.165) is 58.5 Å². The lowest BCUT2D eigenvalue weighted by Gasteiger charge is -2.42. The summed E-state index contributed by atoms with van der Waals surface area (Å²) >= 11 is 0. The number of ether oxygens (including phenoxy) is 1. The molecule has 0 atom stereocenters. The Morgan fingerprint density at radius 1 is 1.07 bits per heavy atom. The molecule has 0 bridgehead atoms. The topological polar surface area (TPSA) is 44.8 Å². The monoisotopic (exact) mass is 415 g/mol. The molecule has 1 aromatic carbocycles. The molecule has 3 aliphatic rings. The Labute approximate surface area is 174 Å². The number of likely N-dealkylation sites (tertiary alicyclic amines) is 1. The van der Waals surface area contributed by atoms with E-state index in [-0.39, 0.29) is 36.5 Å². The first-order valence-electron chi connectivity index (χ1n) is 9.71. The summed E-state index contributed by atoms with van der Waals surface area (Å²) in [6, 6.07) is 11.1. The van der Waals surface area contributed by atoms with E-state index in [1.165, 1.54) is 18.4 Å². The van der Waals surface area contributed by atoms with Crippen molar-refractivity contribution in [1.82, 2.24) is 15.1 Å². The second-order valence-corrected chi connectivity index (χ2v) is 7.73. The summed E-state index contributed by atoms with van der Waals surface area (Å²) in [4.78, 5) is 16.9. The highest BCUT2D eigenvalue weighted by Crippen LogP contribution is 2.34. The molecule has 3 fully saturated rings. The van der Waals surface area contributed by atoms with Crippen LogP contribution in [0.4, 0.5) is 4.79 Å². The van der Waals surface area contributed by atoms with Gasteiger partial charge in [0.1, 0.15) is 5.60 Å². The van der Waals surface area contributed by atoms with Gasteiger partial charge in [0.2, 0.25) is 0 Å². The summed E-state index contributed by atoms with van der Waals surface area (Å²) in [7, 11) is 0. The van der Waals surface area contributed by atoms with Crippen LogP contribution in [0.1, 0.15) is 31.2 Å². The predicted octanol–water partition coefficient (Wildman–Crippen LogP) is 3.11. The van der Waals surface area contributed by atoms with Crippen molar-refractivity contribution in [2.75, 3.05) is 39.3 Å². The Bertz CT molecular complexity index is 588. The van der Waals surface area contributed by atoms with Crippen LogP contribution in [0.2, 0.25) is 0 Å². The van der Waals surface area contributed by atoms with Crippen molar-refractivity contribution < 1.29 is 9.53 Å². The number of amides is 1. The van der Waals surface area contributed by atoms with Crippen LogP contribution in [0.15, 0.2) is 30.3 Å². The number of hydrogen-bond donors (Lipinski definition) is 1. The van der Waals surface area contributed by atoms with E-state index in [4.69, 9.17) is 4.74 Å². The summed E-state index contributed by atoms with van der Waals surface area (Å²) in [6.07, 6.45) is 5.22. The number of piperidine rings is 2. The third kappa shape index (κ3) is 5.29. The molecule has 4 rings (SSSR count). The minimum absolute atomic E-state index is 0. The van der Waals surface area contributed by atoms with E-state index in [1.807, 2.05) is 11.0 Å². The van der Waals surface area contributed by atoms with Crippen LogP contribution in [0.5, 0.6) is 0 Å². The first kappa shape index (κ1) is 22.3. The molecule has 152 valence electrons. The van der Waals surface area contributed by atoms with E-state index in [9.17, 15) is 4.79 Å². The summed E-state index contributed by atoms with van der Waals surface area (Å²) in [5.74, 6) is 0. The lowest BCUT2D eigenvalue weighted by molar-refractivity contribution is -0.0135. The number of carbonyl (C=O) groups is 1. The number of carbonyl (C=O) groups excluding carboxylic acids is 1. The molecular formula is C20H31Cl2N3O2. The van der Waals surface area contributed by atoms with E-state index in [0.29, 0.717) is 6.04 Å². The molecular weight excluding hydrogens is 385 g/mol. The standard InChI is InChI=1S/C20H29N3O2.2ClH/c24-19-23(13-8-17-4-2-1-3-5-17)16-20(25-19)9-14-22(15-10-20)18-6-11-21-12-7-18;;/h1-5,18,21H,6-16H2;2*1H. The largest absolute Gasteiger partial charge is 0.441 e. The number of rotatable bonds is 4. The Morgan fingerprint density at radius 2 is 1.74 bits per heavy atom. The molecule has 5 nitrogen and oxygen atoms in total. The Kier molecular flexibility index (Phi) is 8.22. The Hall–Kier alpha value is -1.01. The van der Waals surface area contributed by atoms with Gasteiger partial charge in [0.25, 0.3) is 0 Å². The maximum absolute atomic E-state index is 12.3. The average Bonchev–Trinajstić information content (AvgIpc) is 2.97. The minimum atomic E-state index is -0.239. The van der Waals surface area contributed by atoms with Crippen molar-refractivity contribution in [1.29, 1.82) is 0 Å². The van der Waals surface area contributed by atoms with Crippen LogP contribution in [0.3, 0.4) is 0 Å². The third-order valence-electron chi connectivity index (χ3n) is 6.09. The quantitative estimate of drug-likeness (QED) is 0.820. The van der Waals surface area contributed by atoms with Crippen molar-refractivity contribution >= 4 is 30.9 Å². The van der Waals surface area contributed by atoms with Crippen LogP contribution in [-0.2, 0) is 11.2 Å². The Balaban J connectivity index is 0.00000131. The summed E-state index contributed by atoms with van der Waals surface area (Å²) in [5, 5.41) is 3.44. The van der Waals surface area contributed by atoms with Gasteiger partial charge in [0.15, 0.2) is 0 Å². The van der Waals surface area contributed by atoms with Gasteiger partial charge in [-0.1, -0.05) is 30.3 Å². The molecule has 0 unspecified atom stereocenters. The van der Waals surface area contributed by atoms with Crippen LogP contribution in [-0.4, -0.2) is 66.8 Å². The molecule has 3 heterocycles. The highest BCUT2D eigenvalue weighted by atomic mass is 35.5. The van der Waals surface area contributed by atoms with Crippen molar-refractivity contribution in [3.63, 3.8) is 0 Å². The van der Waals surface area contributed by atoms with Gasteiger partial charge < -0.3 is 15.0 Å². The molecule has 1 spiro atoms. The van der Waals surface area contributed by atoms with Gasteiger partial charge in [0.05, 0.1) is 6.54 Å². The normalized spacial score (nSPS) is 22.8. The van der Waals surface area contributed by atoms with Gasteiger partial charge >= 0.3 is 6.09 Å². The van der Waals surface area contributed by atoms with Crippen molar-refractivity contribution in [2.45, 2.75) is 43.7 Å². The highest BCUT2D eigenvalue weighted by molar-refractivity contribution is 5.85. The zero-order valence-corrected chi connectivity index (χ0v) is 17.4. The molecule has 1 amide bonds. The summed E-state index contributed by atoms with van der Waals surface area (Å²) in [5.41, 5.74) is 1.04. The van der Waals surface area contributed by atoms with Crippen molar-refractivity contribution in [2.24, 2.45) is 0 Å². The van der Waals surface area contributed by atoms with Crippen molar-refractivity contribution in [3.05, 3.63) is 35.9 Å². The van der Waals surface area contributed by atoms with Crippen LogP contribution < -0.4 is 5.32 Å². The van der Waals surface area contributed by atoms with Crippen LogP contribution in [0.25, 0.3) is 0 Å². The zero-order chi connectivity index (χ0) is 17.1. The van der Waals surface area contributed by atoms with Gasteiger partial charge in [-0.3, -0.25) is 4.90 Å². The van der Waals surface area contributed by atoms with Gasteiger partial charge in [0, 0.05) is 38.5 Å². The van der Waals surface area contributed by atoms with E-state index in [1.54, 1.807) is 0 Å². The minimum Gasteiger partial charge on any atom is -0.441 e. The number of nitrogens with zero attached hydrogens (tertiary/aromatic N) is 2. The van der Waals surface area contributed by atoms with Gasteiger partial charge in [-0.15, -0.1) is 24.8 Å². The van der Waals surface area contributed by atoms with Crippen LogP contribution in [0, 0.1) is 0 Å².